The maximum absolute atomic E-state index is 12.5. The highest BCUT2D eigenvalue weighted by molar-refractivity contribution is 7.93. The first-order chi connectivity index (χ1) is 10.1. The molecule has 0 amide bonds. The maximum atomic E-state index is 12.5. The number of sulfonamides is 1. The van der Waals surface area contributed by atoms with Gasteiger partial charge in [-0.1, -0.05) is 0 Å². The third-order valence-corrected chi connectivity index (χ3v) is 6.45. The summed E-state index contributed by atoms with van der Waals surface area (Å²) in [6, 6.07) is 9.20. The van der Waals surface area contributed by atoms with Crippen molar-refractivity contribution >= 4 is 48.5 Å². The molecule has 7 heteroatoms. The molecule has 2 heterocycles. The summed E-state index contributed by atoms with van der Waals surface area (Å²) in [6.07, 6.45) is 0. The highest BCUT2D eigenvalue weighted by Gasteiger charge is 2.19. The molecule has 0 radical (unpaired) electrons. The van der Waals surface area contributed by atoms with Gasteiger partial charge in [0.1, 0.15) is 4.90 Å². The zero-order chi connectivity index (χ0) is 14.9. The molecule has 0 fully saturated rings. The Kier molecular flexibility index (Phi) is 3.99. The van der Waals surface area contributed by atoms with Gasteiger partial charge in [-0.05, 0) is 53.5 Å². The van der Waals surface area contributed by atoms with Crippen molar-refractivity contribution in [1.29, 1.82) is 0 Å². The van der Waals surface area contributed by atoms with E-state index < -0.39 is 10.0 Å². The normalized spacial score (nSPS) is 11.9. The Balaban J connectivity index is 1.93. The molecule has 4 nitrogen and oxygen atoms in total. The van der Waals surface area contributed by atoms with E-state index in [1.54, 1.807) is 35.9 Å². The molecule has 3 rings (SSSR count). The summed E-state index contributed by atoms with van der Waals surface area (Å²) in [5, 5.41) is 7.82. The molecule has 110 valence electrons. The topological polar surface area (TPSA) is 58.2 Å². The Hall–Kier alpha value is -1.41. The first-order valence-electron chi connectivity index (χ1n) is 6.31. The lowest BCUT2D eigenvalue weighted by Gasteiger charge is -2.09. The summed E-state index contributed by atoms with van der Waals surface area (Å²) in [7, 11) is -1.75. The van der Waals surface area contributed by atoms with Crippen molar-refractivity contribution in [3.63, 3.8) is 0 Å². The third-order valence-electron chi connectivity index (χ3n) is 3.04. The number of thiophene rings is 2. The van der Waals surface area contributed by atoms with Crippen molar-refractivity contribution in [1.82, 2.24) is 5.32 Å². The van der Waals surface area contributed by atoms with Gasteiger partial charge in [0, 0.05) is 21.8 Å². The van der Waals surface area contributed by atoms with Gasteiger partial charge < -0.3 is 5.32 Å². The molecule has 0 aliphatic heterocycles. The van der Waals surface area contributed by atoms with Gasteiger partial charge in [0.15, 0.2) is 0 Å². The minimum atomic E-state index is -3.55. The van der Waals surface area contributed by atoms with Crippen LogP contribution in [0, 0.1) is 0 Å². The van der Waals surface area contributed by atoms with Gasteiger partial charge in [0.2, 0.25) is 0 Å². The van der Waals surface area contributed by atoms with Crippen LogP contribution in [0.15, 0.2) is 46.0 Å². The van der Waals surface area contributed by atoms with Gasteiger partial charge in [-0.15, -0.1) is 22.7 Å². The molecule has 0 aliphatic carbocycles. The number of nitrogens with one attached hydrogen (secondary N) is 2. The summed E-state index contributed by atoms with van der Waals surface area (Å²) in [5.41, 5.74) is 0.586. The predicted molar refractivity (Wildman–Crippen MR) is 89.7 cm³/mol. The number of anilines is 1. The second-order valence-electron chi connectivity index (χ2n) is 4.52. The van der Waals surface area contributed by atoms with E-state index in [2.05, 4.69) is 10.0 Å². The van der Waals surface area contributed by atoms with Crippen LogP contribution in [0.5, 0.6) is 0 Å². The fraction of sp³-hybridized carbons (Fsp3) is 0.143. The molecule has 0 unspecified atom stereocenters. The third kappa shape index (κ3) is 2.96. The Morgan fingerprint density at radius 1 is 1.10 bits per heavy atom. The van der Waals surface area contributed by atoms with E-state index >= 15 is 0 Å². The van der Waals surface area contributed by atoms with E-state index in [1.165, 1.54) is 11.3 Å². The van der Waals surface area contributed by atoms with Crippen molar-refractivity contribution in [3.8, 4) is 0 Å². The minimum Gasteiger partial charge on any atom is -0.315 e. The number of hydrogen-bond acceptors (Lipinski definition) is 5. The van der Waals surface area contributed by atoms with Crippen molar-refractivity contribution in [2.45, 2.75) is 11.4 Å². The van der Waals surface area contributed by atoms with Crippen LogP contribution in [-0.2, 0) is 16.6 Å². The summed E-state index contributed by atoms with van der Waals surface area (Å²) in [6.45, 7) is 0.539. The molecule has 0 aliphatic rings. The van der Waals surface area contributed by atoms with Crippen molar-refractivity contribution in [3.05, 3.63) is 46.0 Å². The van der Waals surface area contributed by atoms with Gasteiger partial charge in [-0.25, -0.2) is 8.42 Å². The summed E-state index contributed by atoms with van der Waals surface area (Å²) in [5.74, 6) is 0. The first kappa shape index (κ1) is 14.5. The van der Waals surface area contributed by atoms with Crippen molar-refractivity contribution in [2.75, 3.05) is 11.8 Å². The number of fused-ring (bicyclic) bond motifs is 1. The van der Waals surface area contributed by atoms with Crippen LogP contribution < -0.4 is 10.0 Å². The van der Waals surface area contributed by atoms with E-state index in [9.17, 15) is 8.42 Å². The molecule has 21 heavy (non-hydrogen) atoms. The van der Waals surface area contributed by atoms with Gasteiger partial charge in [-0.3, -0.25) is 4.72 Å². The molecular weight excluding hydrogens is 324 g/mol. The maximum Gasteiger partial charge on any atom is 0.263 e. The summed E-state index contributed by atoms with van der Waals surface area (Å²) < 4.78 is 28.8. The molecule has 0 atom stereocenters. The quantitative estimate of drug-likeness (QED) is 0.749. The van der Waals surface area contributed by atoms with Crippen LogP contribution >= 0.6 is 22.7 Å². The molecule has 0 spiro atoms. The highest BCUT2D eigenvalue weighted by Crippen LogP contribution is 2.27. The number of rotatable bonds is 5. The molecular formula is C14H14N2O2S3. The molecule has 1 aromatic carbocycles. The van der Waals surface area contributed by atoms with Gasteiger partial charge in [-0.2, -0.15) is 0 Å². The molecule has 3 aromatic rings. The van der Waals surface area contributed by atoms with Gasteiger partial charge in [0.05, 0.1) is 0 Å². The molecule has 0 bridgehead atoms. The van der Waals surface area contributed by atoms with E-state index in [4.69, 9.17) is 0 Å². The minimum absolute atomic E-state index is 0.340. The van der Waals surface area contributed by atoms with E-state index in [0.717, 1.165) is 15.0 Å². The second-order valence-corrected chi connectivity index (χ2v) is 8.12. The van der Waals surface area contributed by atoms with Crippen molar-refractivity contribution < 1.29 is 8.42 Å². The SMILES string of the molecule is CNCc1sccc1S(=O)(=O)Nc1ccc2sccc2c1. The summed E-state index contributed by atoms with van der Waals surface area (Å²) >= 11 is 3.07. The average molecular weight is 338 g/mol. The largest absolute Gasteiger partial charge is 0.315 e. The lowest BCUT2D eigenvalue weighted by Crippen LogP contribution is -2.15. The van der Waals surface area contributed by atoms with Crippen LogP contribution in [-0.4, -0.2) is 15.5 Å². The Morgan fingerprint density at radius 2 is 1.90 bits per heavy atom. The zero-order valence-electron chi connectivity index (χ0n) is 11.3. The van der Waals surface area contributed by atoms with Crippen molar-refractivity contribution in [2.24, 2.45) is 0 Å². The number of hydrogen-bond donors (Lipinski definition) is 2. The smallest absolute Gasteiger partial charge is 0.263 e. The Morgan fingerprint density at radius 3 is 2.71 bits per heavy atom. The standard InChI is InChI=1S/C14H14N2O2S3/c1-15-9-13-14(5-7-20-13)21(17,18)16-11-2-3-12-10(8-11)4-6-19-12/h2-8,15-16H,9H2,1H3. The molecule has 2 aromatic heterocycles. The highest BCUT2D eigenvalue weighted by atomic mass is 32.2. The molecule has 2 N–H and O–H groups in total. The van der Waals surface area contributed by atoms with Crippen LogP contribution in [0.3, 0.4) is 0 Å². The fourth-order valence-electron chi connectivity index (χ4n) is 2.10. The predicted octanol–water partition coefficient (Wildman–Crippen LogP) is 3.48. The van der Waals surface area contributed by atoms with E-state index in [-0.39, 0.29) is 0 Å². The van der Waals surface area contributed by atoms with Crippen LogP contribution in [0.1, 0.15) is 4.88 Å². The lowest BCUT2D eigenvalue weighted by atomic mass is 10.2. The number of benzene rings is 1. The first-order valence-corrected chi connectivity index (χ1v) is 9.55. The van der Waals surface area contributed by atoms with Gasteiger partial charge >= 0.3 is 0 Å². The monoisotopic (exact) mass is 338 g/mol. The molecule has 0 saturated carbocycles. The molecule has 0 saturated heterocycles. The Labute approximate surface area is 131 Å². The summed E-state index contributed by atoms with van der Waals surface area (Å²) in [4.78, 5) is 1.15. The zero-order valence-corrected chi connectivity index (χ0v) is 13.7. The average Bonchev–Trinajstić information content (AvgIpc) is 3.06. The lowest BCUT2D eigenvalue weighted by molar-refractivity contribution is 0.600. The van der Waals surface area contributed by atoms with E-state index in [0.29, 0.717) is 17.1 Å². The second kappa shape index (κ2) is 5.76. The Bertz CT molecular complexity index is 865. The van der Waals surface area contributed by atoms with Crippen LogP contribution in [0.25, 0.3) is 10.1 Å². The van der Waals surface area contributed by atoms with Gasteiger partial charge in [0.25, 0.3) is 10.0 Å². The van der Waals surface area contributed by atoms with Crippen LogP contribution in [0.4, 0.5) is 5.69 Å². The fourth-order valence-corrected chi connectivity index (χ4v) is 5.38. The van der Waals surface area contributed by atoms with Crippen LogP contribution in [0.2, 0.25) is 0 Å². The van der Waals surface area contributed by atoms with E-state index in [1.807, 2.05) is 23.6 Å².